The van der Waals surface area contributed by atoms with E-state index < -0.39 is 0 Å². The van der Waals surface area contributed by atoms with Gasteiger partial charge >= 0.3 is 6.01 Å². The van der Waals surface area contributed by atoms with Crippen LogP contribution in [0.4, 0.5) is 4.39 Å². The normalized spacial score (nSPS) is 18.2. The largest absolute Gasteiger partial charge is 0.467 e. The lowest BCUT2D eigenvalue weighted by atomic mass is 9.87. The maximum atomic E-state index is 13.5. The molecule has 0 atom stereocenters. The Bertz CT molecular complexity index is 1020. The van der Waals surface area contributed by atoms with Crippen LogP contribution in [0.5, 0.6) is 6.01 Å². The standard InChI is InChI=1S/C24H30FN5O2.ClH/c1-30(2)14-15-32-19-10-6-17(7-11-19)23-28-21(16-4-8-18(25)9-5-16)22(29-23)20-12-13-26-24(27-20)31-3;/h4-5,8-9,12-13,17,19H,6-7,10-11,14-15H2,1-3H3,(H,28,29);1H/t17-,19-;. The van der Waals surface area contributed by atoms with Gasteiger partial charge in [-0.15, -0.1) is 12.4 Å². The van der Waals surface area contributed by atoms with Gasteiger partial charge in [0.25, 0.3) is 0 Å². The summed E-state index contributed by atoms with van der Waals surface area (Å²) >= 11 is 0. The molecule has 33 heavy (non-hydrogen) atoms. The lowest BCUT2D eigenvalue weighted by Gasteiger charge is -2.27. The van der Waals surface area contributed by atoms with Crippen molar-refractivity contribution in [3.63, 3.8) is 0 Å². The van der Waals surface area contributed by atoms with Gasteiger partial charge in [0, 0.05) is 24.2 Å². The van der Waals surface area contributed by atoms with Gasteiger partial charge in [-0.2, -0.15) is 4.98 Å². The summed E-state index contributed by atoms with van der Waals surface area (Å²) in [7, 11) is 5.65. The average molecular weight is 476 g/mol. The third-order valence-corrected chi connectivity index (χ3v) is 5.86. The molecule has 2 heterocycles. The molecule has 4 rings (SSSR count). The van der Waals surface area contributed by atoms with E-state index in [0.29, 0.717) is 23.7 Å². The number of imidazole rings is 1. The van der Waals surface area contributed by atoms with Crippen molar-refractivity contribution in [3.05, 3.63) is 48.2 Å². The van der Waals surface area contributed by atoms with E-state index >= 15 is 0 Å². The van der Waals surface area contributed by atoms with E-state index in [1.54, 1.807) is 18.3 Å². The van der Waals surface area contributed by atoms with Crippen LogP contribution in [0, 0.1) is 5.82 Å². The summed E-state index contributed by atoms with van der Waals surface area (Å²) in [6, 6.07) is 8.50. The Labute approximate surface area is 200 Å². The molecule has 1 aromatic carbocycles. The molecule has 0 unspecified atom stereocenters. The van der Waals surface area contributed by atoms with Crippen molar-refractivity contribution in [1.29, 1.82) is 0 Å². The first-order chi connectivity index (χ1) is 15.5. The van der Waals surface area contributed by atoms with Crippen LogP contribution in [0.2, 0.25) is 0 Å². The number of nitrogens with zero attached hydrogens (tertiary/aromatic N) is 4. The van der Waals surface area contributed by atoms with E-state index in [2.05, 4.69) is 33.9 Å². The molecule has 0 amide bonds. The number of benzene rings is 1. The maximum Gasteiger partial charge on any atom is 0.316 e. The Balaban J connectivity index is 0.00000306. The van der Waals surface area contributed by atoms with Crippen molar-refractivity contribution >= 4 is 12.4 Å². The molecule has 0 spiro atoms. The first kappa shape index (κ1) is 25.1. The van der Waals surface area contributed by atoms with E-state index in [4.69, 9.17) is 14.5 Å². The van der Waals surface area contributed by atoms with Gasteiger partial charge in [-0.1, -0.05) is 0 Å². The van der Waals surface area contributed by atoms with Gasteiger partial charge in [0.1, 0.15) is 11.6 Å². The minimum absolute atomic E-state index is 0. The number of halogens is 2. The lowest BCUT2D eigenvalue weighted by Crippen LogP contribution is -2.25. The van der Waals surface area contributed by atoms with Gasteiger partial charge in [0.05, 0.1) is 36.9 Å². The number of H-pyrrole nitrogens is 1. The second kappa shape index (κ2) is 11.5. The zero-order valence-electron chi connectivity index (χ0n) is 19.3. The highest BCUT2D eigenvalue weighted by atomic mass is 35.5. The molecule has 1 aliphatic carbocycles. The van der Waals surface area contributed by atoms with Crippen molar-refractivity contribution in [2.75, 3.05) is 34.4 Å². The van der Waals surface area contributed by atoms with Gasteiger partial charge in [-0.25, -0.2) is 14.4 Å². The van der Waals surface area contributed by atoms with Gasteiger partial charge in [-0.3, -0.25) is 0 Å². The van der Waals surface area contributed by atoms with E-state index in [-0.39, 0.29) is 18.2 Å². The Morgan fingerprint density at radius 2 is 1.79 bits per heavy atom. The fourth-order valence-corrected chi connectivity index (χ4v) is 4.07. The predicted octanol–water partition coefficient (Wildman–Crippen LogP) is 4.71. The van der Waals surface area contributed by atoms with Crippen LogP contribution >= 0.6 is 12.4 Å². The number of aromatic amines is 1. The third kappa shape index (κ3) is 6.28. The molecule has 3 aromatic rings. The van der Waals surface area contributed by atoms with Crippen molar-refractivity contribution < 1.29 is 13.9 Å². The molecule has 1 aliphatic rings. The van der Waals surface area contributed by atoms with Crippen LogP contribution in [0.15, 0.2) is 36.5 Å². The van der Waals surface area contributed by atoms with Crippen LogP contribution in [0.25, 0.3) is 22.6 Å². The summed E-state index contributed by atoms with van der Waals surface area (Å²) in [5, 5.41) is 0. The maximum absolute atomic E-state index is 13.5. The zero-order chi connectivity index (χ0) is 22.5. The van der Waals surface area contributed by atoms with E-state index in [9.17, 15) is 4.39 Å². The molecule has 178 valence electrons. The number of nitrogens with one attached hydrogen (secondary N) is 1. The van der Waals surface area contributed by atoms with Crippen LogP contribution in [-0.4, -0.2) is 65.3 Å². The molecule has 9 heteroatoms. The smallest absolute Gasteiger partial charge is 0.316 e. The third-order valence-electron chi connectivity index (χ3n) is 5.86. The number of ether oxygens (including phenoxy) is 2. The Morgan fingerprint density at radius 3 is 2.45 bits per heavy atom. The number of aromatic nitrogens is 4. The molecule has 1 saturated carbocycles. The summed E-state index contributed by atoms with van der Waals surface area (Å²) < 4.78 is 24.8. The quantitative estimate of drug-likeness (QED) is 0.508. The van der Waals surface area contributed by atoms with E-state index in [0.717, 1.165) is 61.6 Å². The SMILES string of the molecule is COc1nccc(-c2[nH]c([C@H]3CC[C@H](OCCN(C)C)CC3)nc2-c2ccc(F)cc2)n1.Cl. The fourth-order valence-electron chi connectivity index (χ4n) is 4.07. The second-order valence-electron chi connectivity index (χ2n) is 8.43. The molecule has 0 radical (unpaired) electrons. The van der Waals surface area contributed by atoms with Crippen LogP contribution in [-0.2, 0) is 4.74 Å². The molecule has 0 bridgehead atoms. The minimum Gasteiger partial charge on any atom is -0.467 e. The molecule has 7 nitrogen and oxygen atoms in total. The highest BCUT2D eigenvalue weighted by molar-refractivity contribution is 5.85. The van der Waals surface area contributed by atoms with Crippen LogP contribution in [0.1, 0.15) is 37.4 Å². The zero-order valence-corrected chi connectivity index (χ0v) is 20.1. The summed E-state index contributed by atoms with van der Waals surface area (Å²) in [5.41, 5.74) is 3.07. The number of likely N-dealkylation sites (N-methyl/N-ethyl adjacent to an activating group) is 1. The highest BCUT2D eigenvalue weighted by Gasteiger charge is 2.27. The van der Waals surface area contributed by atoms with Gasteiger partial charge in [0.2, 0.25) is 0 Å². The van der Waals surface area contributed by atoms with Crippen molar-refractivity contribution in [1.82, 2.24) is 24.8 Å². The van der Waals surface area contributed by atoms with Crippen molar-refractivity contribution in [2.45, 2.75) is 37.7 Å². The number of methoxy groups -OCH3 is 1. The Hall–Kier alpha value is -2.55. The van der Waals surface area contributed by atoms with Crippen LogP contribution in [0.3, 0.4) is 0 Å². The fraction of sp³-hybridized carbons (Fsp3) is 0.458. The van der Waals surface area contributed by atoms with E-state index in [1.165, 1.54) is 19.2 Å². The summed E-state index contributed by atoms with van der Waals surface area (Å²) in [6.07, 6.45) is 6.02. The highest BCUT2D eigenvalue weighted by Crippen LogP contribution is 2.37. The number of hydrogen-bond acceptors (Lipinski definition) is 6. The molecule has 0 aliphatic heterocycles. The van der Waals surface area contributed by atoms with Gasteiger partial charge in [0.15, 0.2) is 0 Å². The number of rotatable bonds is 8. The van der Waals surface area contributed by atoms with Gasteiger partial charge < -0.3 is 19.4 Å². The monoisotopic (exact) mass is 475 g/mol. The predicted molar refractivity (Wildman–Crippen MR) is 128 cm³/mol. The van der Waals surface area contributed by atoms with E-state index in [1.807, 2.05) is 6.07 Å². The minimum atomic E-state index is -0.276. The van der Waals surface area contributed by atoms with Crippen molar-refractivity contribution in [2.24, 2.45) is 0 Å². The molecular formula is C24H31ClFN5O2. The first-order valence-corrected chi connectivity index (χ1v) is 11.0. The second-order valence-corrected chi connectivity index (χ2v) is 8.43. The molecular weight excluding hydrogens is 445 g/mol. The van der Waals surface area contributed by atoms with Gasteiger partial charge in [-0.05, 0) is 70.1 Å². The summed E-state index contributed by atoms with van der Waals surface area (Å²) in [6.45, 7) is 1.70. The molecule has 1 fully saturated rings. The Morgan fingerprint density at radius 1 is 1.06 bits per heavy atom. The summed E-state index contributed by atoms with van der Waals surface area (Å²) in [5.74, 6) is 0.978. The number of hydrogen-bond donors (Lipinski definition) is 1. The molecule has 2 aromatic heterocycles. The lowest BCUT2D eigenvalue weighted by molar-refractivity contribution is 0.0175. The summed E-state index contributed by atoms with van der Waals surface area (Å²) in [4.78, 5) is 19.2. The first-order valence-electron chi connectivity index (χ1n) is 11.0. The molecule has 1 N–H and O–H groups in total. The Kier molecular flexibility index (Phi) is 8.77. The molecule has 0 saturated heterocycles. The topological polar surface area (TPSA) is 76.2 Å². The van der Waals surface area contributed by atoms with Crippen molar-refractivity contribution in [3.8, 4) is 28.7 Å². The van der Waals surface area contributed by atoms with Crippen LogP contribution < -0.4 is 4.74 Å². The average Bonchev–Trinajstić information content (AvgIpc) is 3.25.